The van der Waals surface area contributed by atoms with E-state index >= 15 is 0 Å². The number of rotatable bonds is 5. The third kappa shape index (κ3) is 4.37. The Morgan fingerprint density at radius 2 is 1.81 bits per heavy atom. The molecule has 0 saturated carbocycles. The number of para-hydroxylation sites is 1. The molecule has 2 atom stereocenters. The Labute approximate surface area is 187 Å². The van der Waals surface area contributed by atoms with Crippen molar-refractivity contribution in [1.82, 2.24) is 15.2 Å². The first kappa shape index (κ1) is 21.6. The molecule has 1 amide bonds. The zero-order chi connectivity index (χ0) is 22.5. The van der Waals surface area contributed by atoms with Gasteiger partial charge in [0.1, 0.15) is 17.6 Å². The molecule has 0 bridgehead atoms. The van der Waals surface area contributed by atoms with E-state index in [9.17, 15) is 9.59 Å². The van der Waals surface area contributed by atoms with Crippen LogP contribution in [-0.4, -0.2) is 67.6 Å². The highest BCUT2D eigenvalue weighted by atomic mass is 16.5. The topological polar surface area (TPSA) is 96.4 Å². The minimum Gasteiger partial charge on any atom is -0.496 e. The molecule has 1 aromatic carbocycles. The number of hydrogen-bond donors (Lipinski definition) is 1. The molecule has 2 aromatic rings. The third-order valence-electron chi connectivity index (χ3n) is 5.65. The molecular formula is C23H27N5O4. The first-order chi connectivity index (χ1) is 15.6. The number of ether oxygens (including phenoxy) is 2. The summed E-state index contributed by atoms with van der Waals surface area (Å²) in [5.74, 6) is -0.127. The maximum Gasteiger partial charge on any atom is 0.321 e. The second-order valence-electron chi connectivity index (χ2n) is 7.52. The Hall–Kier alpha value is -3.62. The Morgan fingerprint density at radius 3 is 2.50 bits per heavy atom. The summed E-state index contributed by atoms with van der Waals surface area (Å²) in [5.41, 5.74) is 0.674. The van der Waals surface area contributed by atoms with E-state index in [0.29, 0.717) is 30.4 Å². The molecular weight excluding hydrogens is 410 g/mol. The number of anilines is 1. The fraction of sp³-hybridized carbons (Fsp3) is 0.391. The first-order valence-electron chi connectivity index (χ1n) is 10.7. The number of nitrogens with one attached hydrogen (secondary N) is 1. The van der Waals surface area contributed by atoms with Crippen LogP contribution in [0.5, 0.6) is 5.75 Å². The van der Waals surface area contributed by atoms with E-state index < -0.39 is 23.8 Å². The summed E-state index contributed by atoms with van der Waals surface area (Å²) in [6, 6.07) is 12.4. The summed E-state index contributed by atoms with van der Waals surface area (Å²) in [7, 11) is 1.56. The van der Waals surface area contributed by atoms with Crippen LogP contribution in [-0.2, 0) is 14.3 Å². The van der Waals surface area contributed by atoms with Crippen molar-refractivity contribution in [3.63, 3.8) is 0 Å². The summed E-state index contributed by atoms with van der Waals surface area (Å²) >= 11 is 0. The molecule has 1 saturated heterocycles. The highest BCUT2D eigenvalue weighted by molar-refractivity contribution is 6.08. The van der Waals surface area contributed by atoms with Gasteiger partial charge in [0.25, 0.3) is 0 Å². The van der Waals surface area contributed by atoms with Gasteiger partial charge in [0, 0.05) is 37.9 Å². The number of amides is 1. The molecule has 3 heterocycles. The molecule has 0 unspecified atom stereocenters. The third-order valence-corrected chi connectivity index (χ3v) is 5.65. The van der Waals surface area contributed by atoms with Crippen molar-refractivity contribution >= 4 is 23.7 Å². The lowest BCUT2D eigenvalue weighted by Crippen LogP contribution is -2.57. The van der Waals surface area contributed by atoms with E-state index in [4.69, 9.17) is 14.5 Å². The predicted octanol–water partition coefficient (Wildman–Crippen LogP) is 1.62. The number of carbonyl (C=O) groups is 2. The molecule has 0 radical (unpaired) electrons. The largest absolute Gasteiger partial charge is 0.496 e. The quantitative estimate of drug-likeness (QED) is 0.561. The summed E-state index contributed by atoms with van der Waals surface area (Å²) in [5, 5.41) is 2.83. The highest BCUT2D eigenvalue weighted by Crippen LogP contribution is 2.36. The van der Waals surface area contributed by atoms with Gasteiger partial charge >= 0.3 is 5.97 Å². The fourth-order valence-corrected chi connectivity index (χ4v) is 4.05. The van der Waals surface area contributed by atoms with Crippen LogP contribution >= 0.6 is 0 Å². The molecule has 1 aromatic heterocycles. The zero-order valence-corrected chi connectivity index (χ0v) is 18.2. The number of benzene rings is 1. The number of nitrogens with zero attached hydrogens (tertiary/aromatic N) is 4. The molecule has 1 N–H and O–H groups in total. The number of guanidine groups is 1. The van der Waals surface area contributed by atoms with Crippen molar-refractivity contribution in [1.29, 1.82) is 0 Å². The summed E-state index contributed by atoms with van der Waals surface area (Å²) in [6.07, 6.45) is 1.78. The minimum absolute atomic E-state index is 0.188. The van der Waals surface area contributed by atoms with Crippen LogP contribution in [0.15, 0.2) is 53.7 Å². The van der Waals surface area contributed by atoms with E-state index in [1.54, 1.807) is 26.3 Å². The van der Waals surface area contributed by atoms with Crippen LogP contribution in [0, 0.1) is 5.92 Å². The second-order valence-corrected chi connectivity index (χ2v) is 7.52. The van der Waals surface area contributed by atoms with Crippen LogP contribution in [0.1, 0.15) is 18.5 Å². The van der Waals surface area contributed by atoms with Crippen LogP contribution in [0.3, 0.4) is 0 Å². The van der Waals surface area contributed by atoms with Gasteiger partial charge in [0.2, 0.25) is 11.9 Å². The highest BCUT2D eigenvalue weighted by Gasteiger charge is 2.43. The van der Waals surface area contributed by atoms with E-state index in [0.717, 1.165) is 18.9 Å². The second kappa shape index (κ2) is 9.67. The maximum absolute atomic E-state index is 13.1. The van der Waals surface area contributed by atoms with Gasteiger partial charge in [-0.05, 0) is 25.1 Å². The average molecular weight is 438 g/mol. The van der Waals surface area contributed by atoms with Gasteiger partial charge in [-0.3, -0.25) is 14.9 Å². The normalized spacial score (nSPS) is 20.9. The number of aromatic nitrogens is 1. The Morgan fingerprint density at radius 1 is 1.09 bits per heavy atom. The molecule has 4 rings (SSSR count). The van der Waals surface area contributed by atoms with Gasteiger partial charge in [-0.25, -0.2) is 9.98 Å². The molecule has 0 spiro atoms. The molecule has 0 aliphatic carbocycles. The fourth-order valence-electron chi connectivity index (χ4n) is 4.05. The van der Waals surface area contributed by atoms with Crippen LogP contribution in [0.25, 0.3) is 0 Å². The van der Waals surface area contributed by atoms with Gasteiger partial charge in [0.15, 0.2) is 5.92 Å². The molecule has 2 aliphatic heterocycles. The number of pyridine rings is 1. The van der Waals surface area contributed by atoms with Gasteiger partial charge in [-0.15, -0.1) is 0 Å². The minimum atomic E-state index is -1.08. The lowest BCUT2D eigenvalue weighted by atomic mass is 9.90. The van der Waals surface area contributed by atoms with Gasteiger partial charge in [0.05, 0.1) is 13.7 Å². The molecule has 9 heteroatoms. The molecule has 2 aliphatic rings. The van der Waals surface area contributed by atoms with E-state index in [-0.39, 0.29) is 6.61 Å². The lowest BCUT2D eigenvalue weighted by molar-refractivity contribution is -0.153. The number of aliphatic imine (C=N–C) groups is 1. The Kier molecular flexibility index (Phi) is 6.53. The van der Waals surface area contributed by atoms with Crippen LogP contribution < -0.4 is 15.0 Å². The summed E-state index contributed by atoms with van der Waals surface area (Å²) in [6.45, 7) is 4.72. The van der Waals surface area contributed by atoms with E-state index in [1.165, 1.54) is 0 Å². The smallest absolute Gasteiger partial charge is 0.321 e. The Balaban J connectivity index is 1.60. The summed E-state index contributed by atoms with van der Waals surface area (Å²) < 4.78 is 10.7. The van der Waals surface area contributed by atoms with Crippen LogP contribution in [0.4, 0.5) is 5.82 Å². The van der Waals surface area contributed by atoms with Crippen molar-refractivity contribution in [2.75, 3.05) is 44.8 Å². The number of methoxy groups -OCH3 is 1. The van der Waals surface area contributed by atoms with Crippen molar-refractivity contribution in [2.24, 2.45) is 10.9 Å². The average Bonchev–Trinajstić information content (AvgIpc) is 2.84. The number of hydrogen-bond acceptors (Lipinski definition) is 8. The molecule has 9 nitrogen and oxygen atoms in total. The molecule has 168 valence electrons. The molecule has 1 fully saturated rings. The standard InChI is InChI=1S/C23H27N5O4/c1-3-32-22(30)19-20(16-8-4-5-9-17(16)31-2)25-23(26-21(19)29)28-14-12-27(13-15-28)18-10-6-7-11-24-18/h4-11,19-20H,3,12-15H2,1-2H3,(H,25,26,29)/t19-,20-/m0/s1. The van der Waals surface area contributed by atoms with Crippen molar-refractivity contribution < 1.29 is 19.1 Å². The van der Waals surface area contributed by atoms with E-state index in [2.05, 4.69) is 15.2 Å². The Bertz CT molecular complexity index is 989. The lowest BCUT2D eigenvalue weighted by Gasteiger charge is -2.39. The van der Waals surface area contributed by atoms with Crippen molar-refractivity contribution in [3.05, 3.63) is 54.2 Å². The number of carbonyl (C=O) groups excluding carboxylic acids is 2. The van der Waals surface area contributed by atoms with Gasteiger partial charge in [-0.2, -0.15) is 0 Å². The first-order valence-corrected chi connectivity index (χ1v) is 10.7. The number of piperazine rings is 1. The predicted molar refractivity (Wildman–Crippen MR) is 119 cm³/mol. The van der Waals surface area contributed by atoms with Crippen molar-refractivity contribution in [2.45, 2.75) is 13.0 Å². The zero-order valence-electron chi connectivity index (χ0n) is 18.2. The van der Waals surface area contributed by atoms with Gasteiger partial charge < -0.3 is 19.3 Å². The SMILES string of the molecule is CCOC(=O)[C@@H]1C(=O)NC(N2CCN(c3ccccn3)CC2)=N[C@H]1c1ccccc1OC. The van der Waals surface area contributed by atoms with E-state index in [1.807, 2.05) is 41.3 Å². The monoisotopic (exact) mass is 437 g/mol. The molecule has 32 heavy (non-hydrogen) atoms. The van der Waals surface area contributed by atoms with Gasteiger partial charge in [-0.1, -0.05) is 24.3 Å². The number of esters is 1. The van der Waals surface area contributed by atoms with Crippen LogP contribution in [0.2, 0.25) is 0 Å². The maximum atomic E-state index is 13.1. The summed E-state index contributed by atoms with van der Waals surface area (Å²) in [4.78, 5) is 39.2. The van der Waals surface area contributed by atoms with Crippen molar-refractivity contribution in [3.8, 4) is 5.75 Å².